The zero-order chi connectivity index (χ0) is 19.9. The van der Waals surface area contributed by atoms with Crippen molar-refractivity contribution in [2.24, 2.45) is 11.0 Å². The normalized spacial score (nSPS) is 13.4. The fraction of sp³-hybridized carbons (Fsp3) is 0.368. The Labute approximate surface area is 166 Å². The van der Waals surface area contributed by atoms with Crippen LogP contribution in [0.15, 0.2) is 28.7 Å². The highest BCUT2D eigenvalue weighted by atomic mass is 32.1. The van der Waals surface area contributed by atoms with E-state index in [1.807, 2.05) is 0 Å². The van der Waals surface area contributed by atoms with Crippen LogP contribution < -0.4 is 14.9 Å². The lowest BCUT2D eigenvalue weighted by Gasteiger charge is -2.09. The molecule has 8 nitrogen and oxygen atoms in total. The van der Waals surface area contributed by atoms with Crippen molar-refractivity contribution in [3.8, 4) is 11.5 Å². The first-order valence-corrected chi connectivity index (χ1v) is 9.75. The molecule has 1 saturated carbocycles. The molecule has 0 bridgehead atoms. The first kappa shape index (κ1) is 19.8. The fourth-order valence-corrected chi connectivity index (χ4v) is 2.98. The molecule has 3 rings (SSSR count). The molecule has 9 heteroatoms. The van der Waals surface area contributed by atoms with E-state index in [2.05, 4.69) is 15.5 Å². The molecule has 1 N–H and O–H groups in total. The molecule has 1 heterocycles. The van der Waals surface area contributed by atoms with Crippen molar-refractivity contribution in [3.63, 3.8) is 0 Å². The third kappa shape index (κ3) is 5.53. The molecule has 2 aromatic rings. The highest BCUT2D eigenvalue weighted by molar-refractivity contribution is 7.13. The second kappa shape index (κ2) is 9.32. The molecule has 28 heavy (non-hydrogen) atoms. The Hall–Kier alpha value is -2.94. The lowest BCUT2D eigenvalue weighted by atomic mass is 10.2. The molecule has 1 aliphatic carbocycles. The van der Waals surface area contributed by atoms with E-state index < -0.39 is 0 Å². The molecule has 0 saturated heterocycles. The maximum atomic E-state index is 11.8. The van der Waals surface area contributed by atoms with Crippen LogP contribution in [0.3, 0.4) is 0 Å². The summed E-state index contributed by atoms with van der Waals surface area (Å²) in [6, 6.07) is 5.19. The number of esters is 2. The minimum atomic E-state index is -0.308. The molecule has 0 spiro atoms. The molecule has 1 aliphatic rings. The van der Waals surface area contributed by atoms with Crippen molar-refractivity contribution in [2.75, 3.05) is 19.1 Å². The Balaban J connectivity index is 1.57. The molecule has 1 fully saturated rings. The van der Waals surface area contributed by atoms with Crippen molar-refractivity contribution in [3.05, 3.63) is 34.8 Å². The number of carbonyl (C=O) groups excluding carboxylic acids is 2. The van der Waals surface area contributed by atoms with E-state index in [1.54, 1.807) is 36.7 Å². The van der Waals surface area contributed by atoms with Crippen molar-refractivity contribution in [1.82, 2.24) is 4.98 Å². The predicted molar refractivity (Wildman–Crippen MR) is 105 cm³/mol. The molecule has 0 aliphatic heterocycles. The maximum absolute atomic E-state index is 11.8. The van der Waals surface area contributed by atoms with Gasteiger partial charge in [0.25, 0.3) is 0 Å². The third-order valence-corrected chi connectivity index (χ3v) is 4.66. The summed E-state index contributed by atoms with van der Waals surface area (Å²) in [7, 11) is 1.52. The average molecular weight is 403 g/mol. The van der Waals surface area contributed by atoms with E-state index in [0.717, 1.165) is 18.4 Å². The number of aromatic nitrogens is 1. The zero-order valence-electron chi connectivity index (χ0n) is 15.6. The van der Waals surface area contributed by atoms with Crippen LogP contribution in [-0.2, 0) is 20.7 Å². The summed E-state index contributed by atoms with van der Waals surface area (Å²) in [6.07, 6.45) is 3.50. The van der Waals surface area contributed by atoms with Gasteiger partial charge in [0.05, 0.1) is 38.0 Å². The molecular weight excluding hydrogens is 382 g/mol. The second-order valence-corrected chi connectivity index (χ2v) is 6.96. The van der Waals surface area contributed by atoms with Crippen molar-refractivity contribution < 1.29 is 23.8 Å². The molecule has 148 valence electrons. The van der Waals surface area contributed by atoms with Crippen LogP contribution in [0.4, 0.5) is 5.13 Å². The van der Waals surface area contributed by atoms with Gasteiger partial charge in [0.1, 0.15) is 0 Å². The van der Waals surface area contributed by atoms with Crippen molar-refractivity contribution in [2.45, 2.75) is 26.2 Å². The maximum Gasteiger partial charge on any atom is 0.314 e. The summed E-state index contributed by atoms with van der Waals surface area (Å²) in [6.45, 7) is 2.11. The van der Waals surface area contributed by atoms with Gasteiger partial charge < -0.3 is 14.2 Å². The number of thiazole rings is 1. The quantitative estimate of drug-likeness (QED) is 0.297. The third-order valence-electron chi connectivity index (χ3n) is 3.87. The number of nitrogens with one attached hydrogen (secondary N) is 1. The summed E-state index contributed by atoms with van der Waals surface area (Å²) in [5.41, 5.74) is 4.22. The number of hydrogen-bond acceptors (Lipinski definition) is 9. The number of rotatable bonds is 9. The van der Waals surface area contributed by atoms with Crippen LogP contribution in [-0.4, -0.2) is 36.9 Å². The molecular formula is C19H21N3O5S. The summed E-state index contributed by atoms with van der Waals surface area (Å²) >= 11 is 1.34. The predicted octanol–water partition coefficient (Wildman–Crippen LogP) is 3.02. The van der Waals surface area contributed by atoms with E-state index >= 15 is 0 Å². The standard InChI is InChI=1S/C19H21N3O5S/c1-3-26-17(23)9-14-11-28-19(21-14)22-20-10-12-4-7-15(16(8-12)25-2)27-18(24)13-5-6-13/h4,7-8,10-11,13H,3,5-6,9H2,1-2H3,(H,21,22). The van der Waals surface area contributed by atoms with Gasteiger partial charge in [-0.3, -0.25) is 15.0 Å². The van der Waals surface area contributed by atoms with Crippen LogP contribution in [0, 0.1) is 5.92 Å². The summed E-state index contributed by atoms with van der Waals surface area (Å²) < 4.78 is 15.6. The van der Waals surface area contributed by atoms with Crippen LogP contribution in [0.25, 0.3) is 0 Å². The summed E-state index contributed by atoms with van der Waals surface area (Å²) in [4.78, 5) is 27.6. The fourth-order valence-electron chi connectivity index (χ4n) is 2.32. The Morgan fingerprint density at radius 3 is 2.89 bits per heavy atom. The van der Waals surface area contributed by atoms with E-state index in [9.17, 15) is 9.59 Å². The number of hydrazone groups is 1. The van der Waals surface area contributed by atoms with Crippen LogP contribution in [0.1, 0.15) is 31.0 Å². The lowest BCUT2D eigenvalue weighted by molar-refractivity contribution is -0.142. The lowest BCUT2D eigenvalue weighted by Crippen LogP contribution is -2.10. The van der Waals surface area contributed by atoms with E-state index in [-0.39, 0.29) is 24.3 Å². The molecule has 1 aromatic carbocycles. The number of benzene rings is 1. The van der Waals surface area contributed by atoms with Gasteiger partial charge in [-0.1, -0.05) is 0 Å². The second-order valence-electron chi connectivity index (χ2n) is 6.10. The van der Waals surface area contributed by atoms with Crippen LogP contribution in [0.2, 0.25) is 0 Å². The smallest absolute Gasteiger partial charge is 0.314 e. The average Bonchev–Trinajstić information content (AvgIpc) is 3.44. The van der Waals surface area contributed by atoms with Crippen LogP contribution in [0.5, 0.6) is 11.5 Å². The topological polar surface area (TPSA) is 99.1 Å². The van der Waals surface area contributed by atoms with Gasteiger partial charge in [-0.05, 0) is 43.5 Å². The Morgan fingerprint density at radius 2 is 2.18 bits per heavy atom. The summed E-state index contributed by atoms with van der Waals surface area (Å²) in [5.74, 6) is 0.348. The van der Waals surface area contributed by atoms with Gasteiger partial charge in [-0.15, -0.1) is 11.3 Å². The van der Waals surface area contributed by atoms with E-state index in [4.69, 9.17) is 14.2 Å². The molecule has 0 atom stereocenters. The Morgan fingerprint density at radius 1 is 1.36 bits per heavy atom. The highest BCUT2D eigenvalue weighted by Crippen LogP contribution is 2.34. The number of nitrogens with zero attached hydrogens (tertiary/aromatic N) is 2. The Bertz CT molecular complexity index is 876. The number of anilines is 1. The molecule has 0 unspecified atom stereocenters. The zero-order valence-corrected chi connectivity index (χ0v) is 16.5. The first-order valence-electron chi connectivity index (χ1n) is 8.88. The highest BCUT2D eigenvalue weighted by Gasteiger charge is 2.32. The van der Waals surface area contributed by atoms with Crippen molar-refractivity contribution >= 4 is 34.6 Å². The minimum absolute atomic E-state index is 0.0159. The molecule has 0 amide bonds. The largest absolute Gasteiger partial charge is 0.493 e. The number of hydrogen-bond donors (Lipinski definition) is 1. The number of ether oxygens (including phenoxy) is 3. The van der Waals surface area contributed by atoms with E-state index in [0.29, 0.717) is 28.9 Å². The molecule has 0 radical (unpaired) electrons. The Kier molecular flexibility index (Phi) is 6.59. The van der Waals surface area contributed by atoms with Gasteiger partial charge in [0, 0.05) is 5.38 Å². The van der Waals surface area contributed by atoms with Gasteiger partial charge >= 0.3 is 11.9 Å². The van der Waals surface area contributed by atoms with E-state index in [1.165, 1.54) is 18.4 Å². The van der Waals surface area contributed by atoms with Crippen molar-refractivity contribution in [1.29, 1.82) is 0 Å². The van der Waals surface area contributed by atoms with Crippen LogP contribution >= 0.6 is 11.3 Å². The van der Waals surface area contributed by atoms with Gasteiger partial charge in [-0.2, -0.15) is 5.10 Å². The number of methoxy groups -OCH3 is 1. The van der Waals surface area contributed by atoms with Gasteiger partial charge in [-0.25, -0.2) is 4.98 Å². The SMILES string of the molecule is CCOC(=O)Cc1csc(NN=Cc2ccc(OC(=O)C3CC3)c(OC)c2)n1. The first-order chi connectivity index (χ1) is 13.6. The monoisotopic (exact) mass is 403 g/mol. The molecule has 1 aromatic heterocycles. The van der Waals surface area contributed by atoms with Gasteiger partial charge in [0.15, 0.2) is 11.5 Å². The minimum Gasteiger partial charge on any atom is -0.493 e. The van der Waals surface area contributed by atoms with Gasteiger partial charge in [0.2, 0.25) is 5.13 Å². The number of carbonyl (C=O) groups is 2. The summed E-state index contributed by atoms with van der Waals surface area (Å²) in [5, 5.41) is 6.48.